The van der Waals surface area contributed by atoms with Crippen LogP contribution >= 0.6 is 0 Å². The number of carbonyl (C=O) groups excluding carboxylic acids is 1. The van der Waals surface area contributed by atoms with Crippen molar-refractivity contribution in [2.24, 2.45) is 0 Å². The Bertz CT molecular complexity index is 651. The Labute approximate surface area is 116 Å². The van der Waals surface area contributed by atoms with Crippen molar-refractivity contribution in [3.8, 4) is 11.5 Å². The first kappa shape index (κ1) is 12.5. The van der Waals surface area contributed by atoms with Crippen molar-refractivity contribution >= 4 is 11.7 Å². The van der Waals surface area contributed by atoms with Gasteiger partial charge in [0.05, 0.1) is 20.4 Å². The molecule has 0 aliphatic carbocycles. The summed E-state index contributed by atoms with van der Waals surface area (Å²) in [5.74, 6) is 1.98. The van der Waals surface area contributed by atoms with Crippen molar-refractivity contribution in [2.75, 3.05) is 19.5 Å². The fraction of sp³-hybridized carbons (Fsp3) is 0.286. The first-order chi connectivity index (χ1) is 9.72. The molecule has 0 saturated heterocycles. The normalized spacial score (nSPS) is 17.3. The fourth-order valence-electron chi connectivity index (χ4n) is 2.53. The second-order valence-electron chi connectivity index (χ2n) is 4.61. The largest absolute Gasteiger partial charge is 0.497 e. The minimum absolute atomic E-state index is 0.0448. The smallest absolute Gasteiger partial charge is 0.226 e. The molecule has 1 aromatic carbocycles. The lowest BCUT2D eigenvalue weighted by molar-refractivity contribution is -0.116. The Morgan fingerprint density at radius 3 is 2.85 bits per heavy atom. The average Bonchev–Trinajstić information content (AvgIpc) is 2.93. The lowest BCUT2D eigenvalue weighted by atomic mass is 9.86. The maximum Gasteiger partial charge on any atom is 0.226 e. The summed E-state index contributed by atoms with van der Waals surface area (Å²) in [6.45, 7) is 0. The van der Waals surface area contributed by atoms with Crippen molar-refractivity contribution in [1.82, 2.24) is 10.2 Å². The molecule has 3 rings (SSSR count). The summed E-state index contributed by atoms with van der Waals surface area (Å²) in [6, 6.07) is 5.58. The van der Waals surface area contributed by atoms with E-state index in [4.69, 9.17) is 9.47 Å². The number of benzene rings is 1. The minimum Gasteiger partial charge on any atom is -0.497 e. The number of nitrogens with zero attached hydrogens (tertiary/aromatic N) is 1. The third-order valence-corrected chi connectivity index (χ3v) is 3.51. The van der Waals surface area contributed by atoms with Gasteiger partial charge in [-0.1, -0.05) is 0 Å². The van der Waals surface area contributed by atoms with Gasteiger partial charge in [-0.2, -0.15) is 5.10 Å². The number of fused-ring (bicyclic) bond motifs is 1. The van der Waals surface area contributed by atoms with E-state index in [2.05, 4.69) is 15.5 Å². The van der Waals surface area contributed by atoms with Crippen molar-refractivity contribution in [1.29, 1.82) is 0 Å². The van der Waals surface area contributed by atoms with Crippen LogP contribution in [0.5, 0.6) is 11.5 Å². The highest BCUT2D eigenvalue weighted by Crippen LogP contribution is 2.41. The van der Waals surface area contributed by atoms with E-state index in [1.54, 1.807) is 20.4 Å². The highest BCUT2D eigenvalue weighted by atomic mass is 16.5. The number of methoxy groups -OCH3 is 2. The lowest BCUT2D eigenvalue weighted by Gasteiger charge is -2.24. The molecule has 20 heavy (non-hydrogen) atoms. The molecule has 1 aromatic heterocycles. The van der Waals surface area contributed by atoms with Gasteiger partial charge < -0.3 is 14.8 Å². The highest BCUT2D eigenvalue weighted by molar-refractivity contribution is 5.94. The number of carbonyl (C=O) groups is 1. The van der Waals surface area contributed by atoms with Crippen LogP contribution < -0.4 is 14.8 Å². The molecule has 1 aliphatic heterocycles. The zero-order valence-corrected chi connectivity index (χ0v) is 11.3. The maximum absolute atomic E-state index is 11.8. The van der Waals surface area contributed by atoms with Crippen LogP contribution in [0.25, 0.3) is 0 Å². The third kappa shape index (κ3) is 1.99. The van der Waals surface area contributed by atoms with Gasteiger partial charge in [-0.15, -0.1) is 0 Å². The monoisotopic (exact) mass is 273 g/mol. The van der Waals surface area contributed by atoms with E-state index in [1.165, 1.54) is 0 Å². The number of nitrogens with one attached hydrogen (secondary N) is 2. The number of amides is 1. The molecule has 0 spiro atoms. The number of ether oxygens (including phenoxy) is 2. The van der Waals surface area contributed by atoms with Gasteiger partial charge in [-0.3, -0.25) is 9.89 Å². The molecule has 1 unspecified atom stereocenters. The molecule has 0 fully saturated rings. The van der Waals surface area contributed by atoms with Gasteiger partial charge >= 0.3 is 0 Å². The molecule has 6 heteroatoms. The minimum atomic E-state index is -0.0949. The first-order valence-electron chi connectivity index (χ1n) is 6.28. The van der Waals surface area contributed by atoms with E-state index in [1.807, 2.05) is 18.2 Å². The highest BCUT2D eigenvalue weighted by Gasteiger charge is 2.30. The predicted octanol–water partition coefficient (Wildman–Crippen LogP) is 1.90. The molecule has 2 heterocycles. The van der Waals surface area contributed by atoms with Gasteiger partial charge in [0.1, 0.15) is 17.3 Å². The van der Waals surface area contributed by atoms with Gasteiger partial charge in [0.15, 0.2) is 0 Å². The van der Waals surface area contributed by atoms with Crippen molar-refractivity contribution < 1.29 is 14.3 Å². The molecule has 2 aromatic rings. The Balaban J connectivity index is 2.11. The number of rotatable bonds is 3. The molecule has 1 aliphatic rings. The summed E-state index contributed by atoms with van der Waals surface area (Å²) in [5.41, 5.74) is 1.88. The SMILES string of the molecule is COc1ccc(OC)c(C2CC(=O)Nc3[nH]ncc32)c1. The molecule has 6 nitrogen and oxygen atoms in total. The van der Waals surface area contributed by atoms with E-state index < -0.39 is 0 Å². The summed E-state index contributed by atoms with van der Waals surface area (Å²) in [6.07, 6.45) is 2.09. The Morgan fingerprint density at radius 2 is 2.10 bits per heavy atom. The molecule has 2 N–H and O–H groups in total. The topological polar surface area (TPSA) is 76.2 Å². The number of H-pyrrole nitrogens is 1. The van der Waals surface area contributed by atoms with Crippen LogP contribution in [-0.4, -0.2) is 30.3 Å². The van der Waals surface area contributed by atoms with E-state index in [-0.39, 0.29) is 11.8 Å². The standard InChI is InChI=1S/C14H15N3O3/c1-19-8-3-4-12(20-2)10(5-8)9-6-13(18)16-14-11(9)7-15-17-14/h3-5,7,9H,6H2,1-2H3,(H2,15,16,17,18). The van der Waals surface area contributed by atoms with Crippen LogP contribution in [0.4, 0.5) is 5.82 Å². The van der Waals surface area contributed by atoms with Gasteiger partial charge in [-0.25, -0.2) is 0 Å². The number of anilines is 1. The van der Waals surface area contributed by atoms with Crippen LogP contribution in [-0.2, 0) is 4.79 Å². The fourth-order valence-corrected chi connectivity index (χ4v) is 2.53. The number of hydrogen-bond acceptors (Lipinski definition) is 4. The summed E-state index contributed by atoms with van der Waals surface area (Å²) < 4.78 is 10.7. The van der Waals surface area contributed by atoms with Crippen molar-refractivity contribution in [2.45, 2.75) is 12.3 Å². The van der Waals surface area contributed by atoms with Gasteiger partial charge in [0, 0.05) is 23.5 Å². The second-order valence-corrected chi connectivity index (χ2v) is 4.61. The van der Waals surface area contributed by atoms with Crippen LogP contribution in [0.15, 0.2) is 24.4 Å². The van der Waals surface area contributed by atoms with E-state index in [9.17, 15) is 4.79 Å². The second kappa shape index (κ2) is 4.88. The molecule has 0 radical (unpaired) electrons. The van der Waals surface area contributed by atoms with E-state index >= 15 is 0 Å². The van der Waals surface area contributed by atoms with E-state index in [0.717, 1.165) is 22.6 Å². The molecule has 1 amide bonds. The molecule has 104 valence electrons. The maximum atomic E-state index is 11.8. The molecular formula is C14H15N3O3. The van der Waals surface area contributed by atoms with Gasteiger partial charge in [0.2, 0.25) is 5.91 Å². The first-order valence-corrected chi connectivity index (χ1v) is 6.28. The number of hydrogen-bond donors (Lipinski definition) is 2. The zero-order chi connectivity index (χ0) is 14.1. The molecule has 1 atom stereocenters. The van der Waals surface area contributed by atoms with Crippen molar-refractivity contribution in [3.05, 3.63) is 35.5 Å². The molecular weight excluding hydrogens is 258 g/mol. The number of aromatic nitrogens is 2. The Morgan fingerprint density at radius 1 is 1.25 bits per heavy atom. The summed E-state index contributed by atoms with van der Waals surface area (Å²) in [5, 5.41) is 9.58. The summed E-state index contributed by atoms with van der Waals surface area (Å²) in [7, 11) is 3.23. The zero-order valence-electron chi connectivity index (χ0n) is 11.3. The Hall–Kier alpha value is -2.50. The van der Waals surface area contributed by atoms with Crippen LogP contribution in [0.2, 0.25) is 0 Å². The van der Waals surface area contributed by atoms with Crippen LogP contribution in [0.3, 0.4) is 0 Å². The predicted molar refractivity (Wildman–Crippen MR) is 73.2 cm³/mol. The summed E-state index contributed by atoms with van der Waals surface area (Å²) in [4.78, 5) is 11.8. The number of aromatic amines is 1. The third-order valence-electron chi connectivity index (χ3n) is 3.51. The van der Waals surface area contributed by atoms with Gasteiger partial charge in [-0.05, 0) is 18.2 Å². The Kier molecular flexibility index (Phi) is 3.06. The van der Waals surface area contributed by atoms with Crippen LogP contribution in [0.1, 0.15) is 23.5 Å². The van der Waals surface area contributed by atoms with Gasteiger partial charge in [0.25, 0.3) is 0 Å². The van der Waals surface area contributed by atoms with E-state index in [0.29, 0.717) is 12.2 Å². The average molecular weight is 273 g/mol. The molecule has 0 bridgehead atoms. The van der Waals surface area contributed by atoms with Crippen LogP contribution in [0, 0.1) is 0 Å². The van der Waals surface area contributed by atoms with Crippen molar-refractivity contribution in [3.63, 3.8) is 0 Å². The summed E-state index contributed by atoms with van der Waals surface area (Å²) >= 11 is 0. The quantitative estimate of drug-likeness (QED) is 0.895. The molecule has 0 saturated carbocycles. The lowest BCUT2D eigenvalue weighted by Crippen LogP contribution is -2.23.